The molecule has 5 rings (SSSR count). The zero-order chi connectivity index (χ0) is 19.3. The van der Waals surface area contributed by atoms with E-state index in [1.807, 2.05) is 30.2 Å². The monoisotopic (exact) mass is 378 g/mol. The number of hydrogen-bond donors (Lipinski definition) is 1. The van der Waals surface area contributed by atoms with Crippen LogP contribution in [0.2, 0.25) is 0 Å². The SMILES string of the molecule is Cc1c(C(=O)N2CCN(c3ccc4nccn4n3)CC2)[nH]c2ccc(F)cc12. The topological polar surface area (TPSA) is 69.5 Å². The summed E-state index contributed by atoms with van der Waals surface area (Å²) in [7, 11) is 0. The maximum atomic E-state index is 13.5. The number of hydrogen-bond acceptors (Lipinski definition) is 4. The number of piperazine rings is 1. The van der Waals surface area contributed by atoms with Crippen LogP contribution in [0.5, 0.6) is 0 Å². The van der Waals surface area contributed by atoms with Crippen LogP contribution >= 0.6 is 0 Å². The number of anilines is 1. The van der Waals surface area contributed by atoms with Gasteiger partial charge in [-0.15, -0.1) is 5.10 Å². The first kappa shape index (κ1) is 16.7. The molecule has 1 N–H and O–H groups in total. The molecule has 0 aliphatic carbocycles. The van der Waals surface area contributed by atoms with Crippen molar-refractivity contribution in [1.82, 2.24) is 24.5 Å². The summed E-state index contributed by atoms with van der Waals surface area (Å²) in [4.78, 5) is 24.4. The summed E-state index contributed by atoms with van der Waals surface area (Å²) in [6.45, 7) is 4.46. The lowest BCUT2D eigenvalue weighted by Gasteiger charge is -2.35. The van der Waals surface area contributed by atoms with Crippen LogP contribution in [0, 0.1) is 12.7 Å². The van der Waals surface area contributed by atoms with E-state index in [-0.39, 0.29) is 11.7 Å². The number of nitrogens with zero attached hydrogens (tertiary/aromatic N) is 5. The van der Waals surface area contributed by atoms with Crippen LogP contribution in [0.15, 0.2) is 42.7 Å². The number of aromatic nitrogens is 4. The van der Waals surface area contributed by atoms with Gasteiger partial charge in [-0.3, -0.25) is 4.79 Å². The number of carbonyl (C=O) groups excluding carboxylic acids is 1. The van der Waals surface area contributed by atoms with Crippen molar-refractivity contribution >= 4 is 28.3 Å². The van der Waals surface area contributed by atoms with E-state index >= 15 is 0 Å². The molecule has 0 bridgehead atoms. The van der Waals surface area contributed by atoms with Gasteiger partial charge in [0.2, 0.25) is 0 Å². The Hall–Kier alpha value is -3.42. The van der Waals surface area contributed by atoms with E-state index in [2.05, 4.69) is 20.0 Å². The summed E-state index contributed by atoms with van der Waals surface area (Å²) in [5, 5.41) is 5.32. The van der Waals surface area contributed by atoms with E-state index in [1.165, 1.54) is 12.1 Å². The van der Waals surface area contributed by atoms with Crippen LogP contribution < -0.4 is 4.90 Å². The molecule has 1 fully saturated rings. The highest BCUT2D eigenvalue weighted by Crippen LogP contribution is 2.24. The van der Waals surface area contributed by atoms with Crippen LogP contribution in [-0.2, 0) is 0 Å². The molecule has 0 saturated carbocycles. The molecule has 142 valence electrons. The minimum Gasteiger partial charge on any atom is -0.352 e. The Morgan fingerprint density at radius 3 is 2.79 bits per heavy atom. The van der Waals surface area contributed by atoms with Crippen molar-refractivity contribution < 1.29 is 9.18 Å². The lowest BCUT2D eigenvalue weighted by Crippen LogP contribution is -2.49. The molecule has 1 saturated heterocycles. The fraction of sp³-hybridized carbons (Fsp3) is 0.250. The van der Waals surface area contributed by atoms with Crippen LogP contribution in [-0.4, -0.2) is 56.6 Å². The number of fused-ring (bicyclic) bond motifs is 2. The maximum Gasteiger partial charge on any atom is 0.270 e. The van der Waals surface area contributed by atoms with Crippen molar-refractivity contribution in [1.29, 1.82) is 0 Å². The third-order valence-electron chi connectivity index (χ3n) is 5.37. The molecule has 0 unspecified atom stereocenters. The quantitative estimate of drug-likeness (QED) is 0.582. The third kappa shape index (κ3) is 2.69. The Morgan fingerprint density at radius 1 is 1.14 bits per heavy atom. The minimum atomic E-state index is -0.301. The molecule has 0 spiro atoms. The molecule has 4 aromatic rings. The number of halogens is 1. The Kier molecular flexibility index (Phi) is 3.78. The maximum absolute atomic E-state index is 13.5. The van der Waals surface area contributed by atoms with Gasteiger partial charge < -0.3 is 14.8 Å². The summed E-state index contributed by atoms with van der Waals surface area (Å²) in [5.41, 5.74) is 2.91. The minimum absolute atomic E-state index is 0.0493. The van der Waals surface area contributed by atoms with Gasteiger partial charge in [0.1, 0.15) is 17.3 Å². The van der Waals surface area contributed by atoms with Crippen molar-refractivity contribution in [2.75, 3.05) is 31.1 Å². The van der Waals surface area contributed by atoms with Crippen LogP contribution in [0.25, 0.3) is 16.6 Å². The van der Waals surface area contributed by atoms with Crippen LogP contribution in [0.1, 0.15) is 16.1 Å². The zero-order valence-electron chi connectivity index (χ0n) is 15.4. The number of amides is 1. The summed E-state index contributed by atoms with van der Waals surface area (Å²) in [5.74, 6) is 0.520. The van der Waals surface area contributed by atoms with Crippen LogP contribution in [0.3, 0.4) is 0 Å². The van der Waals surface area contributed by atoms with E-state index in [4.69, 9.17) is 0 Å². The van der Waals surface area contributed by atoms with Crippen molar-refractivity contribution in [2.45, 2.75) is 6.92 Å². The fourth-order valence-electron chi connectivity index (χ4n) is 3.78. The molecule has 0 atom stereocenters. The zero-order valence-corrected chi connectivity index (χ0v) is 15.4. The van der Waals surface area contributed by atoms with Crippen molar-refractivity contribution in [3.63, 3.8) is 0 Å². The number of nitrogens with one attached hydrogen (secondary N) is 1. The number of aryl methyl sites for hydroxylation is 1. The molecule has 1 aliphatic rings. The molecule has 1 aliphatic heterocycles. The van der Waals surface area contributed by atoms with Crippen molar-refractivity contribution in [2.24, 2.45) is 0 Å². The molecule has 3 aromatic heterocycles. The first-order chi connectivity index (χ1) is 13.6. The van der Waals surface area contributed by atoms with Gasteiger partial charge in [0.25, 0.3) is 5.91 Å². The van der Waals surface area contributed by atoms with E-state index in [9.17, 15) is 9.18 Å². The summed E-state index contributed by atoms with van der Waals surface area (Å²) in [6, 6.07) is 8.43. The van der Waals surface area contributed by atoms with Crippen LogP contribution in [0.4, 0.5) is 10.2 Å². The van der Waals surface area contributed by atoms with E-state index in [0.29, 0.717) is 31.9 Å². The normalized spacial score (nSPS) is 14.9. The van der Waals surface area contributed by atoms with Gasteiger partial charge in [0.15, 0.2) is 5.65 Å². The highest BCUT2D eigenvalue weighted by Gasteiger charge is 2.26. The number of imidazole rings is 1. The van der Waals surface area contributed by atoms with E-state index in [1.54, 1.807) is 16.8 Å². The Labute approximate surface area is 160 Å². The van der Waals surface area contributed by atoms with Crippen molar-refractivity contribution in [3.05, 3.63) is 59.8 Å². The Morgan fingerprint density at radius 2 is 1.96 bits per heavy atom. The van der Waals surface area contributed by atoms with Gasteiger partial charge in [0, 0.05) is 49.5 Å². The average Bonchev–Trinajstić information content (AvgIpc) is 3.32. The number of aromatic amines is 1. The molecular weight excluding hydrogens is 359 g/mol. The average molecular weight is 378 g/mol. The largest absolute Gasteiger partial charge is 0.352 e. The van der Waals surface area contributed by atoms with Gasteiger partial charge >= 0.3 is 0 Å². The molecule has 1 amide bonds. The molecule has 7 nitrogen and oxygen atoms in total. The third-order valence-corrected chi connectivity index (χ3v) is 5.37. The highest BCUT2D eigenvalue weighted by molar-refractivity contribution is 6.01. The predicted octanol–water partition coefficient (Wildman–Crippen LogP) is 2.62. The summed E-state index contributed by atoms with van der Waals surface area (Å²) >= 11 is 0. The van der Waals surface area contributed by atoms with E-state index < -0.39 is 0 Å². The smallest absolute Gasteiger partial charge is 0.270 e. The number of carbonyl (C=O) groups is 1. The predicted molar refractivity (Wildman–Crippen MR) is 104 cm³/mol. The molecule has 4 heterocycles. The summed E-state index contributed by atoms with van der Waals surface area (Å²) < 4.78 is 15.3. The van der Waals surface area contributed by atoms with Gasteiger partial charge in [-0.1, -0.05) is 0 Å². The van der Waals surface area contributed by atoms with Gasteiger partial charge in [0.05, 0.1) is 0 Å². The fourth-order valence-corrected chi connectivity index (χ4v) is 3.78. The van der Waals surface area contributed by atoms with Gasteiger partial charge in [-0.05, 0) is 42.8 Å². The molecular formula is C20H19FN6O. The molecule has 0 radical (unpaired) electrons. The first-order valence-corrected chi connectivity index (χ1v) is 9.22. The second-order valence-corrected chi connectivity index (χ2v) is 7.02. The number of rotatable bonds is 2. The summed E-state index contributed by atoms with van der Waals surface area (Å²) in [6.07, 6.45) is 3.54. The Bertz CT molecular complexity index is 1190. The Balaban J connectivity index is 1.33. The van der Waals surface area contributed by atoms with E-state index in [0.717, 1.165) is 27.9 Å². The standard InChI is InChI=1S/C20H19FN6O/c1-13-15-12-14(21)2-3-16(15)23-19(13)20(28)26-10-8-25(9-11-26)18-5-4-17-22-6-7-27(17)24-18/h2-7,12,23H,8-11H2,1H3. The second kappa shape index (κ2) is 6.33. The molecule has 8 heteroatoms. The highest BCUT2D eigenvalue weighted by atomic mass is 19.1. The molecule has 1 aromatic carbocycles. The van der Waals surface area contributed by atoms with Gasteiger partial charge in [-0.25, -0.2) is 13.9 Å². The molecule has 28 heavy (non-hydrogen) atoms. The lowest BCUT2D eigenvalue weighted by molar-refractivity contribution is 0.0741. The number of H-pyrrole nitrogens is 1. The second-order valence-electron chi connectivity index (χ2n) is 7.02. The first-order valence-electron chi connectivity index (χ1n) is 9.22. The number of benzene rings is 1. The lowest BCUT2D eigenvalue weighted by atomic mass is 10.1. The van der Waals surface area contributed by atoms with Gasteiger partial charge in [-0.2, -0.15) is 0 Å². The van der Waals surface area contributed by atoms with Crippen molar-refractivity contribution in [3.8, 4) is 0 Å².